The number of para-hydroxylation sites is 1. The van der Waals surface area contributed by atoms with Gasteiger partial charge in [-0.2, -0.15) is 0 Å². The smallest absolute Gasteiger partial charge is 0.337 e. The van der Waals surface area contributed by atoms with Gasteiger partial charge in [0.25, 0.3) is 5.91 Å². The first-order valence-corrected chi connectivity index (χ1v) is 6.06. The molecule has 108 valence electrons. The van der Waals surface area contributed by atoms with Crippen molar-refractivity contribution >= 4 is 29.2 Å². The third-order valence-electron chi connectivity index (χ3n) is 2.68. The van der Waals surface area contributed by atoms with E-state index < -0.39 is 29.1 Å². The molecule has 0 saturated carbocycles. The lowest BCUT2D eigenvalue weighted by Gasteiger charge is -2.11. The fraction of sp³-hybridized carbons (Fsp3) is 0. The maximum atomic E-state index is 13.5. The van der Waals surface area contributed by atoms with Gasteiger partial charge in [0.15, 0.2) is 11.6 Å². The average molecular weight is 312 g/mol. The van der Waals surface area contributed by atoms with Gasteiger partial charge in [-0.3, -0.25) is 4.79 Å². The third-order valence-corrected chi connectivity index (χ3v) is 2.99. The summed E-state index contributed by atoms with van der Waals surface area (Å²) >= 11 is 5.83. The Morgan fingerprint density at radius 2 is 1.67 bits per heavy atom. The molecule has 0 aromatic heterocycles. The minimum absolute atomic E-state index is 0.0277. The number of anilines is 1. The zero-order chi connectivity index (χ0) is 15.6. The first kappa shape index (κ1) is 14.9. The van der Waals surface area contributed by atoms with Crippen LogP contribution in [-0.2, 0) is 0 Å². The van der Waals surface area contributed by atoms with Crippen LogP contribution in [0.25, 0.3) is 0 Å². The van der Waals surface area contributed by atoms with Crippen molar-refractivity contribution in [1.29, 1.82) is 0 Å². The van der Waals surface area contributed by atoms with Crippen LogP contribution < -0.4 is 5.32 Å². The minimum atomic E-state index is -1.32. The highest BCUT2D eigenvalue weighted by Crippen LogP contribution is 2.27. The third kappa shape index (κ3) is 3.00. The molecule has 2 rings (SSSR count). The van der Waals surface area contributed by atoms with Crippen LogP contribution in [0.3, 0.4) is 0 Å². The van der Waals surface area contributed by atoms with Gasteiger partial charge in [-0.15, -0.1) is 0 Å². The van der Waals surface area contributed by atoms with Crippen molar-refractivity contribution in [2.24, 2.45) is 0 Å². The van der Waals surface area contributed by atoms with Crippen LogP contribution in [-0.4, -0.2) is 17.0 Å². The highest BCUT2D eigenvalue weighted by molar-refractivity contribution is 6.34. The number of benzene rings is 2. The summed E-state index contributed by atoms with van der Waals surface area (Å²) in [7, 11) is 0. The molecule has 0 bridgehead atoms. The van der Waals surface area contributed by atoms with E-state index in [9.17, 15) is 18.4 Å². The summed E-state index contributed by atoms with van der Waals surface area (Å²) < 4.78 is 26.6. The lowest BCUT2D eigenvalue weighted by Crippen LogP contribution is -2.17. The molecule has 0 aliphatic rings. The zero-order valence-corrected chi connectivity index (χ0v) is 11.1. The van der Waals surface area contributed by atoms with Crippen LogP contribution in [0, 0.1) is 11.6 Å². The Hall–Kier alpha value is -2.47. The van der Waals surface area contributed by atoms with Crippen LogP contribution in [0.5, 0.6) is 0 Å². The van der Waals surface area contributed by atoms with Gasteiger partial charge in [0, 0.05) is 0 Å². The van der Waals surface area contributed by atoms with E-state index in [1.165, 1.54) is 18.2 Å². The Kier molecular flexibility index (Phi) is 4.18. The highest BCUT2D eigenvalue weighted by atomic mass is 35.5. The molecule has 2 N–H and O–H groups in total. The second kappa shape index (κ2) is 5.88. The molecule has 0 saturated heterocycles. The number of aromatic carboxylic acids is 1. The number of carbonyl (C=O) groups excluding carboxylic acids is 1. The second-order valence-corrected chi connectivity index (χ2v) is 4.43. The van der Waals surface area contributed by atoms with E-state index in [1.807, 2.05) is 0 Å². The van der Waals surface area contributed by atoms with Gasteiger partial charge in [-0.05, 0) is 24.3 Å². The molecule has 0 spiro atoms. The summed E-state index contributed by atoms with van der Waals surface area (Å²) in [5.74, 6) is -4.81. The van der Waals surface area contributed by atoms with E-state index in [4.69, 9.17) is 16.7 Å². The molecule has 0 radical (unpaired) electrons. The molecule has 0 heterocycles. The Balaban J connectivity index is 2.41. The van der Waals surface area contributed by atoms with E-state index in [-0.39, 0.29) is 16.3 Å². The van der Waals surface area contributed by atoms with E-state index in [0.29, 0.717) is 0 Å². The Morgan fingerprint density at radius 3 is 2.33 bits per heavy atom. The number of hydrogen-bond donors (Lipinski definition) is 2. The van der Waals surface area contributed by atoms with Gasteiger partial charge < -0.3 is 10.4 Å². The van der Waals surface area contributed by atoms with E-state index in [0.717, 1.165) is 18.2 Å². The normalized spacial score (nSPS) is 10.2. The van der Waals surface area contributed by atoms with Crippen molar-refractivity contribution in [3.05, 3.63) is 64.2 Å². The molecule has 21 heavy (non-hydrogen) atoms. The molecule has 0 unspecified atom stereocenters. The highest BCUT2D eigenvalue weighted by Gasteiger charge is 2.19. The van der Waals surface area contributed by atoms with Crippen molar-refractivity contribution < 1.29 is 23.5 Å². The molecule has 0 fully saturated rings. The molecule has 1 amide bonds. The lowest BCUT2D eigenvalue weighted by atomic mass is 10.1. The van der Waals surface area contributed by atoms with Gasteiger partial charge >= 0.3 is 5.97 Å². The van der Waals surface area contributed by atoms with Gasteiger partial charge in [0.1, 0.15) is 0 Å². The van der Waals surface area contributed by atoms with Gasteiger partial charge in [0.2, 0.25) is 0 Å². The molecule has 7 heteroatoms. The van der Waals surface area contributed by atoms with Crippen LogP contribution in [0.15, 0.2) is 36.4 Å². The standard InChI is InChI=1S/C14H8ClF2NO3/c15-9-5-1-4-8(14(20)21)12(9)18-13(19)7-3-2-6-10(16)11(7)17/h1-6H,(H,18,19)(H,20,21). The number of hydrogen-bond acceptors (Lipinski definition) is 2. The maximum Gasteiger partial charge on any atom is 0.337 e. The number of carboxylic acids is 1. The maximum absolute atomic E-state index is 13.5. The minimum Gasteiger partial charge on any atom is -0.478 e. The van der Waals surface area contributed by atoms with E-state index in [1.54, 1.807) is 0 Å². The predicted octanol–water partition coefficient (Wildman–Crippen LogP) is 3.57. The number of rotatable bonds is 3. The van der Waals surface area contributed by atoms with Crippen molar-refractivity contribution in [2.45, 2.75) is 0 Å². The molecular formula is C14H8ClF2NO3. The fourth-order valence-electron chi connectivity index (χ4n) is 1.69. The van der Waals surface area contributed by atoms with Crippen molar-refractivity contribution in [3.8, 4) is 0 Å². The first-order chi connectivity index (χ1) is 9.91. The van der Waals surface area contributed by atoms with Crippen LogP contribution in [0.4, 0.5) is 14.5 Å². The van der Waals surface area contributed by atoms with Crippen molar-refractivity contribution in [1.82, 2.24) is 0 Å². The molecule has 0 aliphatic carbocycles. The number of nitrogens with one attached hydrogen (secondary N) is 1. The average Bonchev–Trinajstić information content (AvgIpc) is 2.43. The molecule has 2 aromatic carbocycles. The van der Waals surface area contributed by atoms with Crippen LogP contribution >= 0.6 is 11.6 Å². The Bertz CT molecular complexity index is 734. The molecular weight excluding hydrogens is 304 g/mol. The van der Waals surface area contributed by atoms with Crippen molar-refractivity contribution in [3.63, 3.8) is 0 Å². The van der Waals surface area contributed by atoms with Gasteiger partial charge in [-0.1, -0.05) is 23.7 Å². The summed E-state index contributed by atoms with van der Waals surface area (Å²) in [6.45, 7) is 0. The van der Waals surface area contributed by atoms with Crippen LogP contribution in [0.1, 0.15) is 20.7 Å². The second-order valence-electron chi connectivity index (χ2n) is 4.02. The SMILES string of the molecule is O=C(Nc1c(Cl)cccc1C(=O)O)c1cccc(F)c1F. The van der Waals surface area contributed by atoms with Gasteiger partial charge in [0.05, 0.1) is 21.8 Å². The quantitative estimate of drug-likeness (QED) is 0.910. The van der Waals surface area contributed by atoms with Crippen LogP contribution in [0.2, 0.25) is 5.02 Å². The number of carbonyl (C=O) groups is 2. The number of halogens is 3. The summed E-state index contributed by atoms with van der Waals surface area (Å²) in [5.41, 5.74) is -0.987. The molecule has 0 atom stereocenters. The summed E-state index contributed by atoms with van der Waals surface area (Å²) in [6.07, 6.45) is 0. The zero-order valence-electron chi connectivity index (χ0n) is 10.4. The van der Waals surface area contributed by atoms with Gasteiger partial charge in [-0.25, -0.2) is 13.6 Å². The monoisotopic (exact) mass is 311 g/mol. The van der Waals surface area contributed by atoms with E-state index in [2.05, 4.69) is 5.32 Å². The molecule has 2 aromatic rings. The molecule has 0 aliphatic heterocycles. The summed E-state index contributed by atoms with van der Waals surface area (Å²) in [5, 5.41) is 11.2. The predicted molar refractivity (Wildman–Crippen MR) is 72.7 cm³/mol. The summed E-state index contributed by atoms with van der Waals surface area (Å²) in [4.78, 5) is 23.0. The number of amides is 1. The van der Waals surface area contributed by atoms with E-state index >= 15 is 0 Å². The van der Waals surface area contributed by atoms with Crippen molar-refractivity contribution in [2.75, 3.05) is 5.32 Å². The number of carboxylic acid groups (broad SMARTS) is 1. The fourth-order valence-corrected chi connectivity index (χ4v) is 1.91. The molecule has 4 nitrogen and oxygen atoms in total. The largest absolute Gasteiger partial charge is 0.478 e. The Morgan fingerprint density at radius 1 is 1.05 bits per heavy atom. The topological polar surface area (TPSA) is 66.4 Å². The lowest BCUT2D eigenvalue weighted by molar-refractivity contribution is 0.0698. The Labute approximate surface area is 123 Å². The summed E-state index contributed by atoms with van der Waals surface area (Å²) in [6, 6.07) is 7.09. The first-order valence-electron chi connectivity index (χ1n) is 5.69.